The molecule has 0 saturated heterocycles. The Morgan fingerprint density at radius 3 is 2.12 bits per heavy atom. The molecular formula is C24H31N. The van der Waals surface area contributed by atoms with Crippen molar-refractivity contribution in [2.24, 2.45) is 0 Å². The average molecular weight is 334 g/mol. The van der Waals surface area contributed by atoms with E-state index in [1.165, 1.54) is 34.6 Å². The predicted octanol–water partition coefficient (Wildman–Crippen LogP) is 6.90. The molecule has 132 valence electrons. The van der Waals surface area contributed by atoms with E-state index in [-0.39, 0.29) is 16.4 Å². The first kappa shape index (κ1) is 16.7. The van der Waals surface area contributed by atoms with Gasteiger partial charge in [-0.1, -0.05) is 58.0 Å². The van der Waals surface area contributed by atoms with Gasteiger partial charge in [0.1, 0.15) is 0 Å². The molecule has 1 aliphatic rings. The summed E-state index contributed by atoms with van der Waals surface area (Å²) in [4.78, 5) is 0. The van der Waals surface area contributed by atoms with Crippen LogP contribution in [0.1, 0.15) is 72.4 Å². The lowest BCUT2D eigenvalue weighted by Gasteiger charge is -2.43. The molecule has 1 aliphatic carbocycles. The van der Waals surface area contributed by atoms with Crippen molar-refractivity contribution in [2.45, 2.75) is 77.7 Å². The molecule has 3 aromatic rings. The monoisotopic (exact) mass is 333 g/mol. The van der Waals surface area contributed by atoms with Crippen LogP contribution in [0.2, 0.25) is 0 Å². The van der Waals surface area contributed by atoms with Gasteiger partial charge in [-0.15, -0.1) is 0 Å². The highest BCUT2D eigenvalue weighted by atomic mass is 15.1. The van der Waals surface area contributed by atoms with Crippen LogP contribution in [0.3, 0.4) is 0 Å². The summed E-state index contributed by atoms with van der Waals surface area (Å²) in [5, 5.41) is 2.80. The Balaban J connectivity index is 2.29. The minimum absolute atomic E-state index is 0.0497. The van der Waals surface area contributed by atoms with Gasteiger partial charge in [0.25, 0.3) is 0 Å². The van der Waals surface area contributed by atoms with E-state index in [1.807, 2.05) is 0 Å². The lowest BCUT2D eigenvalue weighted by atomic mass is 9.62. The van der Waals surface area contributed by atoms with Crippen molar-refractivity contribution < 1.29 is 0 Å². The summed E-state index contributed by atoms with van der Waals surface area (Å²) in [5.41, 5.74) is 6.45. The fourth-order valence-corrected chi connectivity index (χ4v) is 4.89. The van der Waals surface area contributed by atoms with Gasteiger partial charge in [0.2, 0.25) is 0 Å². The third-order valence-electron chi connectivity index (χ3n) is 6.29. The number of hydrogen-bond acceptors (Lipinski definition) is 0. The summed E-state index contributed by atoms with van der Waals surface area (Å²) < 4.78 is 2.60. The van der Waals surface area contributed by atoms with Crippen molar-refractivity contribution in [2.75, 3.05) is 0 Å². The molecule has 1 heteroatoms. The van der Waals surface area contributed by atoms with Crippen LogP contribution in [0, 0.1) is 0 Å². The van der Waals surface area contributed by atoms with Crippen LogP contribution in [-0.2, 0) is 16.4 Å². The van der Waals surface area contributed by atoms with E-state index < -0.39 is 0 Å². The molecule has 1 nitrogen and oxygen atoms in total. The highest BCUT2D eigenvalue weighted by Gasteiger charge is 2.40. The van der Waals surface area contributed by atoms with Crippen molar-refractivity contribution in [1.82, 2.24) is 4.57 Å². The summed E-state index contributed by atoms with van der Waals surface area (Å²) in [6.07, 6.45) is 2.51. The van der Waals surface area contributed by atoms with Crippen LogP contribution in [0.15, 0.2) is 36.4 Å². The molecule has 0 saturated carbocycles. The molecular weight excluding hydrogens is 302 g/mol. The predicted molar refractivity (Wildman–Crippen MR) is 110 cm³/mol. The largest absolute Gasteiger partial charge is 0.335 e. The zero-order valence-corrected chi connectivity index (χ0v) is 16.8. The summed E-state index contributed by atoms with van der Waals surface area (Å²) in [5.74, 6) is 0. The maximum atomic E-state index is 2.60. The van der Waals surface area contributed by atoms with E-state index in [0.29, 0.717) is 0 Å². The number of para-hydroxylation sites is 1. The van der Waals surface area contributed by atoms with Crippen molar-refractivity contribution in [3.8, 4) is 0 Å². The SMILES string of the molecule is CC1(C)CCC(C)(C)c2c1ccc1c3ccccc3n(C(C)(C)C)c21. The van der Waals surface area contributed by atoms with Gasteiger partial charge in [0, 0.05) is 21.8 Å². The molecule has 0 atom stereocenters. The van der Waals surface area contributed by atoms with Gasteiger partial charge in [-0.3, -0.25) is 0 Å². The highest BCUT2D eigenvalue weighted by Crippen LogP contribution is 2.50. The van der Waals surface area contributed by atoms with E-state index in [1.54, 1.807) is 11.1 Å². The van der Waals surface area contributed by atoms with Gasteiger partial charge < -0.3 is 4.57 Å². The normalized spacial score (nSPS) is 19.3. The van der Waals surface area contributed by atoms with E-state index in [4.69, 9.17) is 0 Å². The molecule has 25 heavy (non-hydrogen) atoms. The summed E-state index contributed by atoms with van der Waals surface area (Å²) >= 11 is 0. The van der Waals surface area contributed by atoms with Gasteiger partial charge in [-0.2, -0.15) is 0 Å². The van der Waals surface area contributed by atoms with Crippen molar-refractivity contribution in [3.63, 3.8) is 0 Å². The lowest BCUT2D eigenvalue weighted by molar-refractivity contribution is 0.331. The van der Waals surface area contributed by atoms with Gasteiger partial charge in [0.15, 0.2) is 0 Å². The molecule has 0 unspecified atom stereocenters. The number of hydrogen-bond donors (Lipinski definition) is 0. The van der Waals surface area contributed by atoms with Gasteiger partial charge >= 0.3 is 0 Å². The molecule has 0 bridgehead atoms. The number of fused-ring (bicyclic) bond motifs is 5. The highest BCUT2D eigenvalue weighted by molar-refractivity contribution is 6.10. The van der Waals surface area contributed by atoms with Gasteiger partial charge in [-0.05, 0) is 61.6 Å². The Morgan fingerprint density at radius 1 is 0.800 bits per heavy atom. The first-order chi connectivity index (χ1) is 11.5. The maximum Gasteiger partial charge on any atom is 0.0537 e. The molecule has 0 spiro atoms. The lowest BCUT2D eigenvalue weighted by Crippen LogP contribution is -2.35. The fourth-order valence-electron chi connectivity index (χ4n) is 4.89. The van der Waals surface area contributed by atoms with Crippen LogP contribution >= 0.6 is 0 Å². The molecule has 0 radical (unpaired) electrons. The average Bonchev–Trinajstić information content (AvgIpc) is 2.85. The first-order valence-corrected chi connectivity index (χ1v) is 9.62. The summed E-state index contributed by atoms with van der Waals surface area (Å²) in [7, 11) is 0. The Labute approximate surface area is 152 Å². The standard InChI is InChI=1S/C24H31N/c1-22(2,3)25-19-11-9-8-10-16(19)17-12-13-18-20(21(17)25)24(6,7)15-14-23(18,4)5/h8-13H,14-15H2,1-7H3. The van der Waals surface area contributed by atoms with E-state index >= 15 is 0 Å². The minimum Gasteiger partial charge on any atom is -0.335 e. The van der Waals surface area contributed by atoms with E-state index in [2.05, 4.69) is 89.4 Å². The number of nitrogens with zero attached hydrogens (tertiary/aromatic N) is 1. The van der Waals surface area contributed by atoms with Crippen LogP contribution in [0.25, 0.3) is 21.8 Å². The minimum atomic E-state index is 0.0497. The third-order valence-corrected chi connectivity index (χ3v) is 6.29. The van der Waals surface area contributed by atoms with Crippen LogP contribution in [-0.4, -0.2) is 4.57 Å². The Hall–Kier alpha value is -1.76. The molecule has 1 aromatic heterocycles. The molecule has 0 amide bonds. The molecule has 4 rings (SSSR count). The molecule has 1 heterocycles. The topological polar surface area (TPSA) is 4.93 Å². The Bertz CT molecular complexity index is 977. The van der Waals surface area contributed by atoms with Crippen molar-refractivity contribution in [1.29, 1.82) is 0 Å². The fraction of sp³-hybridized carbons (Fsp3) is 0.500. The second kappa shape index (κ2) is 4.90. The molecule has 2 aromatic carbocycles. The Kier molecular flexibility index (Phi) is 3.27. The van der Waals surface area contributed by atoms with Crippen molar-refractivity contribution >= 4 is 21.8 Å². The zero-order valence-electron chi connectivity index (χ0n) is 16.8. The number of aromatic nitrogens is 1. The summed E-state index contributed by atoms with van der Waals surface area (Å²) in [6, 6.07) is 13.7. The van der Waals surface area contributed by atoms with Crippen molar-refractivity contribution in [3.05, 3.63) is 47.5 Å². The molecule has 0 fully saturated rings. The first-order valence-electron chi connectivity index (χ1n) is 9.62. The molecule has 0 N–H and O–H groups in total. The van der Waals surface area contributed by atoms with Gasteiger partial charge in [0.05, 0.1) is 5.52 Å². The second-order valence-corrected chi connectivity index (χ2v) is 10.2. The zero-order chi connectivity index (χ0) is 18.2. The van der Waals surface area contributed by atoms with Crippen LogP contribution < -0.4 is 0 Å². The molecule has 0 aliphatic heterocycles. The van der Waals surface area contributed by atoms with E-state index in [0.717, 1.165) is 0 Å². The quantitative estimate of drug-likeness (QED) is 0.422. The van der Waals surface area contributed by atoms with Crippen LogP contribution in [0.4, 0.5) is 0 Å². The maximum absolute atomic E-state index is 2.60. The third kappa shape index (κ3) is 2.28. The second-order valence-electron chi connectivity index (χ2n) is 10.2. The smallest absolute Gasteiger partial charge is 0.0537 e. The van der Waals surface area contributed by atoms with Crippen LogP contribution in [0.5, 0.6) is 0 Å². The Morgan fingerprint density at radius 2 is 1.44 bits per heavy atom. The van der Waals surface area contributed by atoms with Gasteiger partial charge in [-0.25, -0.2) is 0 Å². The van der Waals surface area contributed by atoms with E-state index in [9.17, 15) is 0 Å². The summed E-state index contributed by atoms with van der Waals surface area (Å²) in [6.45, 7) is 16.7. The number of benzene rings is 2. The number of rotatable bonds is 0.